The molecule has 1 unspecified atom stereocenters. The molecule has 0 saturated carbocycles. The van der Waals surface area contributed by atoms with Crippen LogP contribution in [0.25, 0.3) is 0 Å². The molecule has 152 valence electrons. The molecule has 2 aromatic rings. The zero-order valence-electron chi connectivity index (χ0n) is 16.0. The molecular weight excluding hydrogens is 472 g/mol. The minimum Gasteiger partial charge on any atom is -0.439 e. The summed E-state index contributed by atoms with van der Waals surface area (Å²) in [6.07, 6.45) is 4.15. The smallest absolute Gasteiger partial charge is 0.219 e. The lowest BCUT2D eigenvalue weighted by molar-refractivity contribution is 0.267. The van der Waals surface area contributed by atoms with Gasteiger partial charge in [-0.1, -0.05) is 13.0 Å². The maximum absolute atomic E-state index is 12.9. The molecule has 0 spiro atoms. The number of likely N-dealkylation sites (N-methyl/N-ethyl adjacent to an activating group) is 1. The Labute approximate surface area is 182 Å². The molecule has 1 saturated heterocycles. The normalized spacial score (nSPS) is 17.2. The van der Waals surface area contributed by atoms with Crippen LogP contribution in [0.3, 0.4) is 0 Å². The van der Waals surface area contributed by atoms with Gasteiger partial charge in [-0.3, -0.25) is 4.90 Å². The number of aliphatic imine (C=N–C) groups is 1. The molecule has 8 heteroatoms. The third-order valence-electron chi connectivity index (χ3n) is 4.69. The molecule has 1 aromatic heterocycles. The number of halogens is 2. The first kappa shape index (κ1) is 22.4. The number of nitrogens with two attached hydrogens (primary N) is 1. The van der Waals surface area contributed by atoms with E-state index in [2.05, 4.69) is 27.1 Å². The first-order chi connectivity index (χ1) is 13.1. The van der Waals surface area contributed by atoms with Crippen molar-refractivity contribution in [1.29, 1.82) is 0 Å². The van der Waals surface area contributed by atoms with Gasteiger partial charge in [0.15, 0.2) is 5.96 Å². The summed E-state index contributed by atoms with van der Waals surface area (Å²) in [6.45, 7) is 5.70. The number of likely N-dealkylation sites (tertiary alicyclic amines) is 1. The van der Waals surface area contributed by atoms with Crippen LogP contribution in [-0.2, 0) is 6.54 Å². The molecule has 1 atom stereocenters. The van der Waals surface area contributed by atoms with Gasteiger partial charge in [0.2, 0.25) is 5.88 Å². The third-order valence-corrected chi connectivity index (χ3v) is 4.69. The SMILES string of the molecule is CCN1CCCC1CNC(N)=NCc1ccc(Oc2ccc(F)cc2)nc1.I. The second-order valence-corrected chi connectivity index (χ2v) is 6.57. The van der Waals surface area contributed by atoms with E-state index in [9.17, 15) is 4.39 Å². The van der Waals surface area contributed by atoms with E-state index in [1.165, 1.54) is 25.0 Å². The number of hydrogen-bond acceptors (Lipinski definition) is 4. The van der Waals surface area contributed by atoms with E-state index in [0.29, 0.717) is 30.2 Å². The van der Waals surface area contributed by atoms with Crippen LogP contribution in [0.2, 0.25) is 0 Å². The highest BCUT2D eigenvalue weighted by Crippen LogP contribution is 2.19. The molecule has 1 aromatic carbocycles. The summed E-state index contributed by atoms with van der Waals surface area (Å²) in [7, 11) is 0. The Hall–Kier alpha value is -1.94. The Morgan fingerprint density at radius 1 is 1.32 bits per heavy atom. The summed E-state index contributed by atoms with van der Waals surface area (Å²) in [5.74, 6) is 1.13. The van der Waals surface area contributed by atoms with Crippen LogP contribution in [0.15, 0.2) is 47.6 Å². The van der Waals surface area contributed by atoms with E-state index in [1.54, 1.807) is 24.4 Å². The van der Waals surface area contributed by atoms with Crippen molar-refractivity contribution in [3.63, 3.8) is 0 Å². The average Bonchev–Trinajstić information content (AvgIpc) is 3.15. The minimum atomic E-state index is -0.301. The third kappa shape index (κ3) is 6.59. The molecular formula is C20H27FIN5O. The van der Waals surface area contributed by atoms with Gasteiger partial charge < -0.3 is 15.8 Å². The minimum absolute atomic E-state index is 0. The summed E-state index contributed by atoms with van der Waals surface area (Å²) >= 11 is 0. The lowest BCUT2D eigenvalue weighted by atomic mass is 10.2. The summed E-state index contributed by atoms with van der Waals surface area (Å²) in [5, 5.41) is 3.22. The standard InChI is InChI=1S/C20H26FN5O.HI/c1-2-26-11-3-4-17(26)14-25-20(22)24-13-15-5-10-19(23-12-15)27-18-8-6-16(21)7-9-18;/h5-10,12,17H,2-4,11,13-14H2,1H3,(H3,22,24,25);1H. The van der Waals surface area contributed by atoms with Crippen LogP contribution >= 0.6 is 24.0 Å². The van der Waals surface area contributed by atoms with Crippen LogP contribution in [0.1, 0.15) is 25.3 Å². The predicted molar refractivity (Wildman–Crippen MR) is 120 cm³/mol. The first-order valence-electron chi connectivity index (χ1n) is 9.30. The molecule has 0 bridgehead atoms. The van der Waals surface area contributed by atoms with Crippen molar-refractivity contribution in [2.24, 2.45) is 10.7 Å². The van der Waals surface area contributed by atoms with Gasteiger partial charge in [-0.15, -0.1) is 24.0 Å². The molecule has 0 amide bonds. The topological polar surface area (TPSA) is 75.8 Å². The van der Waals surface area contributed by atoms with E-state index in [1.807, 2.05) is 6.07 Å². The molecule has 0 radical (unpaired) electrons. The van der Waals surface area contributed by atoms with Crippen LogP contribution in [0.4, 0.5) is 4.39 Å². The van der Waals surface area contributed by atoms with Crippen molar-refractivity contribution in [1.82, 2.24) is 15.2 Å². The van der Waals surface area contributed by atoms with Crippen LogP contribution in [-0.4, -0.2) is 41.5 Å². The Bertz CT molecular complexity index is 754. The molecule has 1 fully saturated rings. The molecule has 2 heterocycles. The first-order valence-corrected chi connectivity index (χ1v) is 9.30. The van der Waals surface area contributed by atoms with E-state index >= 15 is 0 Å². The lowest BCUT2D eigenvalue weighted by Gasteiger charge is -2.23. The number of guanidine groups is 1. The van der Waals surface area contributed by atoms with Gasteiger partial charge in [-0.25, -0.2) is 14.4 Å². The number of nitrogens with zero attached hydrogens (tertiary/aromatic N) is 3. The van der Waals surface area contributed by atoms with Gasteiger partial charge in [-0.2, -0.15) is 0 Å². The molecule has 3 N–H and O–H groups in total. The van der Waals surface area contributed by atoms with Crippen LogP contribution in [0, 0.1) is 5.82 Å². The van der Waals surface area contributed by atoms with Gasteiger partial charge in [0.1, 0.15) is 11.6 Å². The van der Waals surface area contributed by atoms with Gasteiger partial charge in [0.25, 0.3) is 0 Å². The molecule has 28 heavy (non-hydrogen) atoms. The lowest BCUT2D eigenvalue weighted by Crippen LogP contribution is -2.42. The van der Waals surface area contributed by atoms with Gasteiger partial charge in [0, 0.05) is 24.8 Å². The number of nitrogens with one attached hydrogen (secondary N) is 1. The Morgan fingerprint density at radius 2 is 2.11 bits per heavy atom. The maximum atomic E-state index is 12.9. The molecule has 3 rings (SSSR count). The Kier molecular flexibility index (Phi) is 8.91. The van der Waals surface area contributed by atoms with Gasteiger partial charge in [0.05, 0.1) is 6.54 Å². The van der Waals surface area contributed by atoms with Crippen molar-refractivity contribution in [2.75, 3.05) is 19.6 Å². The zero-order valence-corrected chi connectivity index (χ0v) is 18.3. The summed E-state index contributed by atoms with van der Waals surface area (Å²) < 4.78 is 18.5. The number of pyridine rings is 1. The highest BCUT2D eigenvalue weighted by molar-refractivity contribution is 14.0. The monoisotopic (exact) mass is 499 g/mol. The fourth-order valence-electron chi connectivity index (χ4n) is 3.19. The van der Waals surface area contributed by atoms with Gasteiger partial charge in [-0.05, 0) is 55.8 Å². The van der Waals surface area contributed by atoms with E-state index in [-0.39, 0.29) is 29.8 Å². The second-order valence-electron chi connectivity index (χ2n) is 6.57. The molecule has 6 nitrogen and oxygen atoms in total. The number of benzene rings is 1. The van der Waals surface area contributed by atoms with Crippen LogP contribution in [0.5, 0.6) is 11.6 Å². The van der Waals surface area contributed by atoms with Crippen molar-refractivity contribution >= 4 is 29.9 Å². The number of aromatic nitrogens is 1. The predicted octanol–water partition coefficient (Wildman–Crippen LogP) is 3.52. The fourth-order valence-corrected chi connectivity index (χ4v) is 3.19. The van der Waals surface area contributed by atoms with Gasteiger partial charge >= 0.3 is 0 Å². The highest BCUT2D eigenvalue weighted by atomic mass is 127. The van der Waals surface area contributed by atoms with Crippen molar-refractivity contribution in [2.45, 2.75) is 32.4 Å². The zero-order chi connectivity index (χ0) is 19.1. The summed E-state index contributed by atoms with van der Waals surface area (Å²) in [4.78, 5) is 11.1. The number of ether oxygens (including phenoxy) is 1. The fraction of sp³-hybridized carbons (Fsp3) is 0.400. The van der Waals surface area contributed by atoms with E-state index in [0.717, 1.165) is 25.2 Å². The van der Waals surface area contributed by atoms with Crippen LogP contribution < -0.4 is 15.8 Å². The quantitative estimate of drug-likeness (QED) is 0.347. The number of rotatable bonds is 7. The molecule has 0 aliphatic carbocycles. The average molecular weight is 499 g/mol. The van der Waals surface area contributed by atoms with E-state index < -0.39 is 0 Å². The Balaban J connectivity index is 0.00000280. The molecule has 1 aliphatic rings. The maximum Gasteiger partial charge on any atom is 0.219 e. The van der Waals surface area contributed by atoms with Crippen molar-refractivity contribution in [3.8, 4) is 11.6 Å². The largest absolute Gasteiger partial charge is 0.439 e. The summed E-state index contributed by atoms with van der Waals surface area (Å²) in [5.41, 5.74) is 6.91. The highest BCUT2D eigenvalue weighted by Gasteiger charge is 2.22. The summed E-state index contributed by atoms with van der Waals surface area (Å²) in [6, 6.07) is 10.00. The Morgan fingerprint density at radius 3 is 2.79 bits per heavy atom. The second kappa shape index (κ2) is 11.2. The van der Waals surface area contributed by atoms with Crippen molar-refractivity contribution in [3.05, 3.63) is 54.0 Å². The van der Waals surface area contributed by atoms with Crippen molar-refractivity contribution < 1.29 is 9.13 Å². The van der Waals surface area contributed by atoms with E-state index in [4.69, 9.17) is 10.5 Å². The number of hydrogen-bond donors (Lipinski definition) is 2. The molecule has 1 aliphatic heterocycles.